The summed E-state index contributed by atoms with van der Waals surface area (Å²) in [5, 5.41) is -4.73. The van der Waals surface area contributed by atoms with Gasteiger partial charge in [-0.1, -0.05) is 13.8 Å². The lowest BCUT2D eigenvalue weighted by Gasteiger charge is -2.33. The minimum absolute atomic E-state index is 0.102. The average Bonchev–Trinajstić information content (AvgIpc) is 2.68. The Morgan fingerprint density at radius 3 is 2.48 bits per heavy atom. The van der Waals surface area contributed by atoms with Crippen LogP contribution >= 0.6 is 0 Å². The summed E-state index contributed by atoms with van der Waals surface area (Å²) >= 11 is 0. The Hall–Kier alpha value is -1.29. The molecule has 21 heavy (non-hydrogen) atoms. The van der Waals surface area contributed by atoms with Crippen molar-refractivity contribution < 1.29 is 40.8 Å². The Balaban J connectivity index is 2.17. The number of halogens is 2. The van der Waals surface area contributed by atoms with Crippen LogP contribution in [-0.2, 0) is 29.2 Å². The molecule has 2 atom stereocenters. The number of rotatable bonds is 4. The first kappa shape index (κ1) is 16.1. The van der Waals surface area contributed by atoms with Crippen LogP contribution in [0, 0.1) is 11.3 Å². The predicted molar refractivity (Wildman–Crippen MR) is 60.9 cm³/mol. The van der Waals surface area contributed by atoms with Crippen molar-refractivity contribution in [3.63, 3.8) is 0 Å². The molecule has 1 aliphatic carbocycles. The van der Waals surface area contributed by atoms with E-state index in [9.17, 15) is 31.3 Å². The van der Waals surface area contributed by atoms with Crippen LogP contribution in [0.1, 0.15) is 26.7 Å². The minimum Gasteiger partial charge on any atom is -0.743 e. The van der Waals surface area contributed by atoms with Gasteiger partial charge in [0, 0.05) is 5.41 Å². The van der Waals surface area contributed by atoms with Crippen LogP contribution in [0.2, 0.25) is 0 Å². The summed E-state index contributed by atoms with van der Waals surface area (Å²) in [4.78, 5) is 23.6. The van der Waals surface area contributed by atoms with Crippen LogP contribution in [0.15, 0.2) is 0 Å². The number of esters is 2. The van der Waals surface area contributed by atoms with E-state index < -0.39 is 50.9 Å². The van der Waals surface area contributed by atoms with Gasteiger partial charge in [0.2, 0.25) is 5.60 Å². The highest BCUT2D eigenvalue weighted by Crippen LogP contribution is 2.58. The first-order valence-corrected chi connectivity index (χ1v) is 7.49. The molecule has 2 bridgehead atoms. The van der Waals surface area contributed by atoms with E-state index in [0.717, 1.165) is 0 Å². The number of hydrogen-bond acceptors (Lipinski definition) is 7. The Kier molecular flexibility index (Phi) is 3.34. The average molecular weight is 327 g/mol. The molecule has 1 heterocycles. The maximum absolute atomic E-state index is 13.0. The van der Waals surface area contributed by atoms with E-state index >= 15 is 0 Å². The molecule has 0 aromatic carbocycles. The lowest BCUT2D eigenvalue weighted by molar-refractivity contribution is -0.186. The van der Waals surface area contributed by atoms with Crippen molar-refractivity contribution in [1.82, 2.24) is 0 Å². The third-order valence-electron chi connectivity index (χ3n) is 4.32. The van der Waals surface area contributed by atoms with Gasteiger partial charge in [-0.05, 0) is 12.8 Å². The number of alkyl halides is 2. The zero-order valence-corrected chi connectivity index (χ0v) is 12.0. The monoisotopic (exact) mass is 327 g/mol. The van der Waals surface area contributed by atoms with Crippen molar-refractivity contribution in [2.24, 2.45) is 11.3 Å². The third-order valence-corrected chi connectivity index (χ3v) is 5.17. The van der Waals surface area contributed by atoms with E-state index in [1.807, 2.05) is 0 Å². The van der Waals surface area contributed by atoms with Crippen LogP contribution in [-0.4, -0.2) is 42.4 Å². The highest BCUT2D eigenvalue weighted by molar-refractivity contribution is 7.86. The Labute approximate surface area is 119 Å². The van der Waals surface area contributed by atoms with Gasteiger partial charge in [0.05, 0.1) is 5.92 Å². The lowest BCUT2D eigenvalue weighted by atomic mass is 9.75. The summed E-state index contributed by atoms with van der Waals surface area (Å²) in [5.74, 6) is -2.43. The Morgan fingerprint density at radius 2 is 2.10 bits per heavy atom. The normalized spacial score (nSPS) is 31.1. The van der Waals surface area contributed by atoms with Crippen molar-refractivity contribution in [3.05, 3.63) is 0 Å². The van der Waals surface area contributed by atoms with Crippen molar-refractivity contribution in [3.8, 4) is 0 Å². The highest BCUT2D eigenvalue weighted by atomic mass is 32.2. The molecule has 0 amide bonds. The van der Waals surface area contributed by atoms with Crippen LogP contribution < -0.4 is 0 Å². The maximum atomic E-state index is 13.0. The first-order valence-electron chi connectivity index (χ1n) is 6.08. The van der Waals surface area contributed by atoms with E-state index in [2.05, 4.69) is 4.74 Å². The molecule has 1 aliphatic heterocycles. The van der Waals surface area contributed by atoms with Gasteiger partial charge in [-0.15, -0.1) is 0 Å². The molecule has 10 heteroatoms. The second kappa shape index (κ2) is 4.35. The highest BCUT2D eigenvalue weighted by Gasteiger charge is 2.70. The van der Waals surface area contributed by atoms with Gasteiger partial charge in [0.25, 0.3) is 0 Å². The van der Waals surface area contributed by atoms with E-state index in [4.69, 9.17) is 4.74 Å². The molecule has 1 saturated carbocycles. The molecule has 2 unspecified atom stereocenters. The van der Waals surface area contributed by atoms with Gasteiger partial charge in [-0.2, -0.15) is 8.78 Å². The summed E-state index contributed by atoms with van der Waals surface area (Å²) in [5.41, 5.74) is -2.66. The van der Waals surface area contributed by atoms with Crippen LogP contribution in [0.3, 0.4) is 0 Å². The SMILES string of the molecule is CC1(C)C2CCC1(C(=O)OCC(F)(F)S(=O)(=O)[O-])OC2=O. The number of ether oxygens (including phenoxy) is 2. The molecular formula is C11H13F2O7S-. The van der Waals surface area contributed by atoms with Crippen LogP contribution in [0.5, 0.6) is 0 Å². The van der Waals surface area contributed by atoms with Crippen LogP contribution in [0.25, 0.3) is 0 Å². The Morgan fingerprint density at radius 1 is 1.52 bits per heavy atom. The summed E-state index contributed by atoms with van der Waals surface area (Å²) < 4.78 is 66.3. The summed E-state index contributed by atoms with van der Waals surface area (Å²) in [6, 6.07) is 0. The second-order valence-corrected chi connectivity index (χ2v) is 7.23. The molecule has 120 valence electrons. The van der Waals surface area contributed by atoms with Crippen molar-refractivity contribution in [2.45, 2.75) is 37.5 Å². The zero-order chi connectivity index (χ0) is 16.3. The fourth-order valence-corrected chi connectivity index (χ4v) is 3.10. The number of fused-ring (bicyclic) bond motifs is 2. The molecule has 2 fully saturated rings. The van der Waals surface area contributed by atoms with Gasteiger partial charge in [-0.3, -0.25) is 4.79 Å². The van der Waals surface area contributed by atoms with E-state index in [-0.39, 0.29) is 6.42 Å². The summed E-state index contributed by atoms with van der Waals surface area (Å²) in [6.07, 6.45) is 0.447. The molecule has 0 N–H and O–H groups in total. The smallest absolute Gasteiger partial charge is 0.367 e. The van der Waals surface area contributed by atoms with Gasteiger partial charge >= 0.3 is 17.2 Å². The third kappa shape index (κ3) is 2.11. The molecule has 0 spiro atoms. The molecule has 0 aromatic heterocycles. The van der Waals surface area contributed by atoms with Gasteiger partial charge < -0.3 is 14.0 Å². The molecule has 2 rings (SSSR count). The maximum Gasteiger partial charge on any atom is 0.367 e. The number of carbonyl (C=O) groups is 2. The standard InChI is InChI=1S/C11H14F2O7S/c1-9(2)6-3-4-10(9,20-7(6)14)8(15)19-5-11(12,13)21(16,17)18/h6H,3-5H2,1-2H3,(H,16,17,18)/p-1. The largest absolute Gasteiger partial charge is 0.743 e. The fraction of sp³-hybridized carbons (Fsp3) is 0.818. The number of hydrogen-bond donors (Lipinski definition) is 0. The molecular weight excluding hydrogens is 314 g/mol. The topological polar surface area (TPSA) is 110 Å². The predicted octanol–water partition coefficient (Wildman–Crippen LogP) is 0.399. The van der Waals surface area contributed by atoms with Gasteiger partial charge in [0.15, 0.2) is 16.7 Å². The lowest BCUT2D eigenvalue weighted by Crippen LogP contribution is -2.49. The van der Waals surface area contributed by atoms with Gasteiger partial charge in [-0.25, -0.2) is 13.2 Å². The number of carbonyl (C=O) groups excluding carboxylic acids is 2. The molecule has 0 radical (unpaired) electrons. The molecule has 1 saturated heterocycles. The zero-order valence-electron chi connectivity index (χ0n) is 11.2. The minimum atomic E-state index is -5.95. The molecule has 7 nitrogen and oxygen atoms in total. The quantitative estimate of drug-likeness (QED) is 0.543. The van der Waals surface area contributed by atoms with E-state index in [1.54, 1.807) is 13.8 Å². The van der Waals surface area contributed by atoms with Crippen molar-refractivity contribution >= 4 is 22.1 Å². The summed E-state index contributed by atoms with van der Waals surface area (Å²) in [6.45, 7) is 1.23. The molecule has 2 aliphatic rings. The second-order valence-electron chi connectivity index (χ2n) is 5.73. The fourth-order valence-electron chi connectivity index (χ4n) is 2.90. The molecule has 0 aromatic rings. The Bertz CT molecular complexity index is 598. The van der Waals surface area contributed by atoms with Crippen molar-refractivity contribution in [1.29, 1.82) is 0 Å². The first-order chi connectivity index (χ1) is 9.35. The van der Waals surface area contributed by atoms with E-state index in [1.165, 1.54) is 0 Å². The van der Waals surface area contributed by atoms with Crippen LogP contribution in [0.4, 0.5) is 8.78 Å². The van der Waals surface area contributed by atoms with Gasteiger partial charge in [0.1, 0.15) is 0 Å². The van der Waals surface area contributed by atoms with E-state index in [0.29, 0.717) is 6.42 Å². The summed E-state index contributed by atoms with van der Waals surface area (Å²) in [7, 11) is -5.95. The van der Waals surface area contributed by atoms with Crippen molar-refractivity contribution in [2.75, 3.05) is 6.61 Å².